The second-order valence-corrected chi connectivity index (χ2v) is 5.38. The first-order valence-corrected chi connectivity index (χ1v) is 6.19. The Bertz CT molecular complexity index is 471. The molecule has 1 heterocycles. The summed E-state index contributed by atoms with van der Waals surface area (Å²) in [4.78, 5) is 7.02. The SMILES string of the molecule is CCNc1cc(NC2CC2(C)C)nc(C(F)(F)F)n1. The first kappa shape index (κ1) is 13.9. The number of hydrogen-bond acceptors (Lipinski definition) is 4. The average Bonchev–Trinajstić information content (AvgIpc) is 2.84. The van der Waals surface area contributed by atoms with Gasteiger partial charge in [0.25, 0.3) is 0 Å². The highest BCUT2D eigenvalue weighted by molar-refractivity contribution is 5.49. The fourth-order valence-corrected chi connectivity index (χ4v) is 1.81. The van der Waals surface area contributed by atoms with Gasteiger partial charge in [0.05, 0.1) is 0 Å². The fraction of sp³-hybridized carbons (Fsp3) is 0.667. The second kappa shape index (κ2) is 4.54. The molecule has 1 fully saturated rings. The molecule has 0 amide bonds. The van der Waals surface area contributed by atoms with Crippen molar-refractivity contribution in [3.05, 3.63) is 11.9 Å². The van der Waals surface area contributed by atoms with Crippen molar-refractivity contribution in [2.45, 2.75) is 39.4 Å². The summed E-state index contributed by atoms with van der Waals surface area (Å²) in [7, 11) is 0. The van der Waals surface area contributed by atoms with E-state index in [4.69, 9.17) is 0 Å². The lowest BCUT2D eigenvalue weighted by Crippen LogP contribution is -2.17. The third-order valence-corrected chi connectivity index (χ3v) is 3.17. The molecule has 7 heteroatoms. The summed E-state index contributed by atoms with van der Waals surface area (Å²) in [5, 5.41) is 5.81. The van der Waals surface area contributed by atoms with Crippen LogP contribution < -0.4 is 10.6 Å². The molecule has 1 unspecified atom stereocenters. The summed E-state index contributed by atoms with van der Waals surface area (Å²) in [6.45, 7) is 6.42. The molecule has 0 bridgehead atoms. The molecule has 0 aromatic carbocycles. The smallest absolute Gasteiger partial charge is 0.370 e. The van der Waals surface area contributed by atoms with E-state index in [-0.39, 0.29) is 23.1 Å². The van der Waals surface area contributed by atoms with Crippen molar-refractivity contribution in [1.29, 1.82) is 0 Å². The lowest BCUT2D eigenvalue weighted by molar-refractivity contribution is -0.144. The van der Waals surface area contributed by atoms with Gasteiger partial charge >= 0.3 is 6.18 Å². The summed E-state index contributed by atoms with van der Waals surface area (Å²) in [6.07, 6.45) is -3.62. The molecule has 19 heavy (non-hydrogen) atoms. The Balaban J connectivity index is 2.24. The van der Waals surface area contributed by atoms with Gasteiger partial charge in [0.2, 0.25) is 5.82 Å². The molecular weight excluding hydrogens is 257 g/mol. The number of rotatable bonds is 4. The molecular formula is C12H17F3N4. The van der Waals surface area contributed by atoms with Crippen LogP contribution in [0.5, 0.6) is 0 Å². The van der Waals surface area contributed by atoms with E-state index >= 15 is 0 Å². The van der Waals surface area contributed by atoms with Crippen LogP contribution in [0.15, 0.2) is 6.07 Å². The molecule has 4 nitrogen and oxygen atoms in total. The van der Waals surface area contributed by atoms with Gasteiger partial charge in [0.1, 0.15) is 11.6 Å². The molecule has 0 aliphatic heterocycles. The minimum absolute atomic E-state index is 0.113. The molecule has 1 aliphatic carbocycles. The maximum absolute atomic E-state index is 12.7. The lowest BCUT2D eigenvalue weighted by Gasteiger charge is -2.12. The summed E-state index contributed by atoms with van der Waals surface area (Å²) >= 11 is 0. The van der Waals surface area contributed by atoms with Crippen LogP contribution >= 0.6 is 0 Å². The largest absolute Gasteiger partial charge is 0.451 e. The van der Waals surface area contributed by atoms with Crippen molar-refractivity contribution < 1.29 is 13.2 Å². The van der Waals surface area contributed by atoms with E-state index in [0.717, 1.165) is 6.42 Å². The van der Waals surface area contributed by atoms with Crippen LogP contribution in [-0.2, 0) is 6.18 Å². The molecule has 0 radical (unpaired) electrons. The highest BCUT2D eigenvalue weighted by Gasteiger charge is 2.46. The molecule has 2 N–H and O–H groups in total. The van der Waals surface area contributed by atoms with Crippen molar-refractivity contribution in [3.8, 4) is 0 Å². The summed E-state index contributed by atoms with van der Waals surface area (Å²) < 4.78 is 38.1. The van der Waals surface area contributed by atoms with Crippen molar-refractivity contribution in [2.24, 2.45) is 5.41 Å². The van der Waals surface area contributed by atoms with Crippen molar-refractivity contribution >= 4 is 11.6 Å². The quantitative estimate of drug-likeness (QED) is 0.885. The third-order valence-electron chi connectivity index (χ3n) is 3.17. The van der Waals surface area contributed by atoms with Crippen LogP contribution in [-0.4, -0.2) is 22.6 Å². The van der Waals surface area contributed by atoms with Gasteiger partial charge in [-0.25, -0.2) is 9.97 Å². The number of alkyl halides is 3. The van der Waals surface area contributed by atoms with Gasteiger partial charge in [-0.15, -0.1) is 0 Å². The summed E-state index contributed by atoms with van der Waals surface area (Å²) in [6, 6.07) is 1.67. The first-order valence-electron chi connectivity index (χ1n) is 6.19. The van der Waals surface area contributed by atoms with E-state index in [0.29, 0.717) is 6.54 Å². The van der Waals surface area contributed by atoms with E-state index in [1.54, 1.807) is 6.92 Å². The van der Waals surface area contributed by atoms with E-state index in [1.165, 1.54) is 6.07 Å². The van der Waals surface area contributed by atoms with Gasteiger partial charge < -0.3 is 10.6 Å². The van der Waals surface area contributed by atoms with E-state index < -0.39 is 12.0 Å². The number of nitrogens with one attached hydrogen (secondary N) is 2. The molecule has 1 aromatic rings. The average molecular weight is 274 g/mol. The highest BCUT2D eigenvalue weighted by Crippen LogP contribution is 2.46. The van der Waals surface area contributed by atoms with Crippen molar-refractivity contribution in [3.63, 3.8) is 0 Å². The Kier molecular flexibility index (Phi) is 3.32. The number of nitrogens with zero attached hydrogens (tertiary/aromatic N) is 2. The Morgan fingerprint density at radius 3 is 2.37 bits per heavy atom. The second-order valence-electron chi connectivity index (χ2n) is 5.38. The van der Waals surface area contributed by atoms with E-state index in [1.807, 2.05) is 0 Å². The maximum Gasteiger partial charge on any atom is 0.451 e. The van der Waals surface area contributed by atoms with Crippen LogP contribution in [0, 0.1) is 5.41 Å². The first-order chi connectivity index (χ1) is 8.72. The molecule has 106 valence electrons. The van der Waals surface area contributed by atoms with E-state index in [2.05, 4.69) is 34.4 Å². The van der Waals surface area contributed by atoms with Gasteiger partial charge in [0.15, 0.2) is 0 Å². The zero-order valence-electron chi connectivity index (χ0n) is 11.1. The van der Waals surface area contributed by atoms with Crippen molar-refractivity contribution in [1.82, 2.24) is 9.97 Å². The molecule has 1 aromatic heterocycles. The summed E-state index contributed by atoms with van der Waals surface area (Å²) in [5.41, 5.74) is 0.113. The molecule has 2 rings (SSSR count). The normalized spacial score (nSPS) is 21.1. The molecule has 1 atom stereocenters. The van der Waals surface area contributed by atoms with Crippen LogP contribution in [0.4, 0.5) is 24.8 Å². The van der Waals surface area contributed by atoms with Crippen molar-refractivity contribution in [2.75, 3.05) is 17.2 Å². The monoisotopic (exact) mass is 274 g/mol. The van der Waals surface area contributed by atoms with Gasteiger partial charge in [-0.3, -0.25) is 0 Å². The highest BCUT2D eigenvalue weighted by atomic mass is 19.4. The van der Waals surface area contributed by atoms with E-state index in [9.17, 15) is 13.2 Å². The topological polar surface area (TPSA) is 49.8 Å². The number of aromatic nitrogens is 2. The predicted molar refractivity (Wildman–Crippen MR) is 67.0 cm³/mol. The molecule has 1 aliphatic rings. The maximum atomic E-state index is 12.7. The zero-order chi connectivity index (χ0) is 14.3. The van der Waals surface area contributed by atoms with Gasteiger partial charge in [0, 0.05) is 18.7 Å². The predicted octanol–water partition coefficient (Wildman–Crippen LogP) is 3.14. The fourth-order valence-electron chi connectivity index (χ4n) is 1.81. The summed E-state index contributed by atoms with van der Waals surface area (Å²) in [5.74, 6) is -0.716. The number of halogens is 3. The van der Waals surface area contributed by atoms with Crippen LogP contribution in [0.2, 0.25) is 0 Å². The third kappa shape index (κ3) is 3.27. The van der Waals surface area contributed by atoms with Crippen LogP contribution in [0.25, 0.3) is 0 Å². The zero-order valence-corrected chi connectivity index (χ0v) is 11.1. The Morgan fingerprint density at radius 2 is 1.89 bits per heavy atom. The molecule has 0 spiro atoms. The Morgan fingerprint density at radius 1 is 1.32 bits per heavy atom. The minimum atomic E-state index is -4.54. The standard InChI is InChI=1S/C12H17F3N4/c1-4-16-8-5-9(17-7-6-11(7,2)3)19-10(18-8)12(13,14)15/h5,7H,4,6H2,1-3H3,(H2,16,17,18,19). The van der Waals surface area contributed by atoms with Crippen LogP contribution in [0.3, 0.4) is 0 Å². The Hall–Kier alpha value is -1.53. The van der Waals surface area contributed by atoms with Gasteiger partial charge in [-0.2, -0.15) is 13.2 Å². The number of hydrogen-bond donors (Lipinski definition) is 2. The Labute approximate surface area is 109 Å². The van der Waals surface area contributed by atoms with Gasteiger partial charge in [-0.05, 0) is 18.8 Å². The molecule has 0 saturated heterocycles. The number of anilines is 2. The molecule has 1 saturated carbocycles. The van der Waals surface area contributed by atoms with Gasteiger partial charge in [-0.1, -0.05) is 13.8 Å². The van der Waals surface area contributed by atoms with Crippen LogP contribution in [0.1, 0.15) is 33.0 Å². The lowest BCUT2D eigenvalue weighted by atomic mass is 10.2. The minimum Gasteiger partial charge on any atom is -0.370 e.